The van der Waals surface area contributed by atoms with Crippen molar-refractivity contribution in [1.29, 1.82) is 0 Å². The maximum atomic E-state index is 12.7. The molecule has 0 saturated carbocycles. The molecule has 4 aliphatic rings. The van der Waals surface area contributed by atoms with Crippen LogP contribution in [0.15, 0.2) is 29.1 Å². The number of benzene rings is 2. The van der Waals surface area contributed by atoms with E-state index in [0.29, 0.717) is 0 Å². The number of aromatic nitrogens is 1. The minimum atomic E-state index is -1.43. The van der Waals surface area contributed by atoms with E-state index in [1.807, 2.05) is 52.2 Å². The topological polar surface area (TPSA) is 53.0 Å². The van der Waals surface area contributed by atoms with Gasteiger partial charge in [0.25, 0.3) is 0 Å². The zero-order valence-electron chi connectivity index (χ0n) is 13.3. The second-order valence-electron chi connectivity index (χ2n) is 5.58. The first-order valence-corrected chi connectivity index (χ1v) is 23.6. The minimum absolute atomic E-state index is 0.166. The van der Waals surface area contributed by atoms with Gasteiger partial charge in [0.1, 0.15) is 0 Å². The van der Waals surface area contributed by atoms with Gasteiger partial charge in [0.05, 0.1) is 0 Å². The van der Waals surface area contributed by atoms with Crippen LogP contribution in [0.5, 0.6) is 5.75 Å². The van der Waals surface area contributed by atoms with E-state index >= 15 is 0 Å². The molecule has 0 bridgehead atoms. The Morgan fingerprint density at radius 2 is 1.54 bits per heavy atom. The van der Waals surface area contributed by atoms with Gasteiger partial charge < -0.3 is 0 Å². The molecule has 26 heavy (non-hydrogen) atoms. The molecule has 134 valence electrons. The summed E-state index contributed by atoms with van der Waals surface area (Å²) in [5.41, 5.74) is 2.00. The molecule has 1 aromatic carbocycles. The fourth-order valence-corrected chi connectivity index (χ4v) is 36.1. The Morgan fingerprint density at radius 3 is 2.23 bits per heavy atom. The van der Waals surface area contributed by atoms with Crippen LogP contribution in [0.4, 0.5) is 0 Å². The van der Waals surface area contributed by atoms with E-state index in [1.165, 1.54) is 0 Å². The van der Waals surface area contributed by atoms with Crippen molar-refractivity contribution in [2.75, 3.05) is 23.0 Å². The quantitative estimate of drug-likeness (QED) is 0.352. The van der Waals surface area contributed by atoms with Gasteiger partial charge in [-0.1, -0.05) is 0 Å². The summed E-state index contributed by atoms with van der Waals surface area (Å²) >= 11 is -1.19. The van der Waals surface area contributed by atoms with Crippen molar-refractivity contribution < 1.29 is 5.11 Å². The Labute approximate surface area is 177 Å². The zero-order valence-corrected chi connectivity index (χ0v) is 21.2. The Bertz CT molecular complexity index is 1020. The molecule has 0 amide bonds. The average molecular weight is 560 g/mol. The Balaban J connectivity index is 1.80. The van der Waals surface area contributed by atoms with Crippen LogP contribution in [-0.2, 0) is 0 Å². The van der Waals surface area contributed by atoms with E-state index in [4.69, 9.17) is 4.98 Å². The van der Waals surface area contributed by atoms with Gasteiger partial charge >= 0.3 is 179 Å². The summed E-state index contributed by atoms with van der Waals surface area (Å²) in [5.74, 6) is 4.74. The third kappa shape index (κ3) is 3.28. The van der Waals surface area contributed by atoms with Crippen LogP contribution in [0.1, 0.15) is 0 Å². The van der Waals surface area contributed by atoms with Crippen molar-refractivity contribution in [3.63, 3.8) is 0 Å². The molecule has 1 aromatic rings. The normalized spacial score (nSPS) is 19.1. The zero-order chi connectivity index (χ0) is 17.7. The van der Waals surface area contributed by atoms with E-state index in [9.17, 15) is 9.90 Å². The summed E-state index contributed by atoms with van der Waals surface area (Å²) < 4.78 is 3.10. The van der Waals surface area contributed by atoms with Gasteiger partial charge in [-0.05, 0) is 0 Å². The van der Waals surface area contributed by atoms with Gasteiger partial charge in [0.15, 0.2) is 0 Å². The van der Waals surface area contributed by atoms with Crippen LogP contribution in [0, 0.1) is 0 Å². The van der Waals surface area contributed by atoms with Crippen molar-refractivity contribution in [1.82, 2.24) is 4.98 Å². The number of fused-ring (bicyclic) bond motifs is 2. The predicted octanol–water partition coefficient (Wildman–Crippen LogP) is 2.19. The van der Waals surface area contributed by atoms with Gasteiger partial charge in [-0.25, -0.2) is 0 Å². The van der Waals surface area contributed by atoms with Crippen molar-refractivity contribution in [3.8, 4) is 16.3 Å². The van der Waals surface area contributed by atoms with Crippen LogP contribution in [0.25, 0.3) is 20.8 Å². The molecule has 0 atom stereocenters. The Morgan fingerprint density at radius 1 is 0.885 bits per heavy atom. The van der Waals surface area contributed by atoms with E-state index in [0.717, 1.165) is 52.5 Å². The second-order valence-corrected chi connectivity index (χ2v) is 29.8. The number of nitrogens with zero attached hydrogens (tertiary/aromatic N) is 1. The van der Waals surface area contributed by atoms with Crippen LogP contribution in [-0.4, -0.2) is 52.7 Å². The third-order valence-corrected chi connectivity index (χ3v) is 33.1. The maximum absolute atomic E-state index is 12.7. The average Bonchev–Trinajstić information content (AvgIpc) is 3.34. The molecule has 3 heterocycles. The monoisotopic (exact) mass is 560 g/mol. The van der Waals surface area contributed by atoms with Crippen LogP contribution in [0.3, 0.4) is 0 Å². The first-order chi connectivity index (χ1) is 12.7. The van der Waals surface area contributed by atoms with Crippen molar-refractivity contribution in [2.24, 2.45) is 0 Å². The van der Waals surface area contributed by atoms with Crippen molar-refractivity contribution in [3.05, 3.63) is 34.5 Å². The molecule has 3 nitrogen and oxygen atoms in total. The summed E-state index contributed by atoms with van der Waals surface area (Å²) in [6.45, 7) is 0. The van der Waals surface area contributed by atoms with Crippen LogP contribution < -0.4 is 19.2 Å². The van der Waals surface area contributed by atoms with Gasteiger partial charge in [-0.2, -0.15) is 0 Å². The second kappa shape index (κ2) is 7.77. The van der Waals surface area contributed by atoms with Gasteiger partial charge in [0, 0.05) is 0 Å². The van der Waals surface area contributed by atoms with Crippen LogP contribution in [0.2, 0.25) is 0 Å². The fraction of sp³-hybridized carbons (Fsp3) is 0.250. The third-order valence-electron chi connectivity index (χ3n) is 3.96. The van der Waals surface area contributed by atoms with Crippen molar-refractivity contribution >= 4 is 95.0 Å². The molecular weight excluding hydrogens is 548 g/mol. The summed E-state index contributed by atoms with van der Waals surface area (Å²) in [5, 5.41) is 12.7. The number of hydrogen-bond acceptors (Lipinski definition) is 8. The molecule has 0 aromatic heterocycles. The van der Waals surface area contributed by atoms with E-state index < -0.39 is 24.7 Å². The first-order valence-electron chi connectivity index (χ1n) is 7.92. The van der Waals surface area contributed by atoms with Crippen molar-refractivity contribution in [2.45, 2.75) is 0 Å². The Kier molecular flexibility index (Phi) is 5.56. The van der Waals surface area contributed by atoms with E-state index in [-0.39, 0.29) is 11.2 Å². The van der Waals surface area contributed by atoms with Gasteiger partial charge in [0.2, 0.25) is 0 Å². The molecule has 2 saturated heterocycles. The SMILES string of the molecule is O=c1ccc2nc3ccc([O-])c([As]4SCCS4)c3sc-2c1[As]1SCCS1. The molecule has 0 radical (unpaired) electrons. The standard InChI is InChI=1S/C16H13As2NO2S5/c20-11-3-1-9-15(13(11)17-22-5-6-23-17)26-16-10(19-9)2-4-12(21)14(16)18-24-7-8-25-18/h1-4,20H,5-8H2/p-1. The molecule has 0 N–H and O–H groups in total. The fourth-order valence-electron chi connectivity index (χ4n) is 2.85. The Hall–Kier alpha value is 0.577. The molecular formula is C16H12As2NO2S5-. The summed E-state index contributed by atoms with van der Waals surface area (Å²) in [6.07, 6.45) is 0. The van der Waals surface area contributed by atoms with E-state index in [2.05, 4.69) is 0 Å². The summed E-state index contributed by atoms with van der Waals surface area (Å²) in [7, 11) is 7.96. The molecule has 10 heteroatoms. The molecule has 0 unspecified atom stereocenters. The predicted molar refractivity (Wildman–Crippen MR) is 123 cm³/mol. The molecule has 1 aliphatic carbocycles. The van der Waals surface area contributed by atoms with Gasteiger partial charge in [-0.15, -0.1) is 0 Å². The molecule has 0 spiro atoms. The first kappa shape index (κ1) is 18.6. The molecule has 2 fully saturated rings. The summed E-state index contributed by atoms with van der Waals surface area (Å²) in [4.78, 5) is 18.6. The molecule has 3 aliphatic heterocycles. The van der Waals surface area contributed by atoms with Gasteiger partial charge in [-0.3, -0.25) is 0 Å². The summed E-state index contributed by atoms with van der Waals surface area (Å²) in [6, 6.07) is 7.10. The number of rotatable bonds is 2. The number of hydrogen-bond donors (Lipinski definition) is 0. The molecule has 5 rings (SSSR count). The van der Waals surface area contributed by atoms with E-state index in [1.54, 1.807) is 23.5 Å². The van der Waals surface area contributed by atoms with Crippen LogP contribution >= 0.6 is 51.4 Å².